The van der Waals surface area contributed by atoms with Gasteiger partial charge in [0.1, 0.15) is 22.5 Å². The number of rotatable bonds is 4. The molecule has 0 saturated carbocycles. The Kier molecular flexibility index (Phi) is 4.06. The van der Waals surface area contributed by atoms with Gasteiger partial charge in [0.2, 0.25) is 0 Å². The number of ether oxygens (including phenoxy) is 1. The fourth-order valence-corrected chi connectivity index (χ4v) is 2.55. The van der Waals surface area contributed by atoms with Crippen molar-refractivity contribution < 1.29 is 9.53 Å². The van der Waals surface area contributed by atoms with Crippen LogP contribution in [0.5, 0.6) is 0 Å². The fraction of sp³-hybridized carbons (Fsp3) is 0.0667. The number of methoxy groups -OCH3 is 1. The van der Waals surface area contributed by atoms with Crippen molar-refractivity contribution in [2.45, 2.75) is 0 Å². The van der Waals surface area contributed by atoms with Crippen LogP contribution in [0.25, 0.3) is 17.8 Å². The van der Waals surface area contributed by atoms with Crippen molar-refractivity contribution in [3.63, 3.8) is 0 Å². The lowest BCUT2D eigenvalue weighted by atomic mass is 10.2. The summed E-state index contributed by atoms with van der Waals surface area (Å²) in [4.78, 5) is 19.9. The van der Waals surface area contributed by atoms with Gasteiger partial charge in [0.05, 0.1) is 19.0 Å². The molecular weight excluding hydrogens is 300 g/mol. The number of hydrogen-bond donors (Lipinski definition) is 0. The lowest BCUT2D eigenvalue weighted by molar-refractivity contribution is 0.0606. The van der Waals surface area contributed by atoms with Gasteiger partial charge in [-0.3, -0.25) is 0 Å². The summed E-state index contributed by atoms with van der Waals surface area (Å²) < 4.78 is 6.35. The van der Waals surface area contributed by atoms with Crippen molar-refractivity contribution in [3.05, 3.63) is 58.6 Å². The molecule has 0 bridgehead atoms. The zero-order valence-corrected chi connectivity index (χ0v) is 12.5. The predicted molar refractivity (Wildman–Crippen MR) is 83.7 cm³/mol. The number of thiazole rings is 1. The molecule has 0 spiro atoms. The summed E-state index contributed by atoms with van der Waals surface area (Å²) in [7, 11) is 1.36. The smallest absolute Gasteiger partial charge is 0.349 e. The largest absolute Gasteiger partial charge is 0.465 e. The highest BCUT2D eigenvalue weighted by atomic mass is 32.1. The molecular formula is C15H12N4O2S. The Morgan fingerprint density at radius 1 is 1.27 bits per heavy atom. The molecule has 6 nitrogen and oxygen atoms in total. The van der Waals surface area contributed by atoms with Gasteiger partial charge in [-0.1, -0.05) is 18.2 Å². The zero-order chi connectivity index (χ0) is 15.4. The van der Waals surface area contributed by atoms with E-state index in [1.165, 1.54) is 31.0 Å². The maximum atomic E-state index is 11.4. The van der Waals surface area contributed by atoms with Gasteiger partial charge < -0.3 is 4.74 Å². The number of aromatic nitrogens is 4. The van der Waals surface area contributed by atoms with Gasteiger partial charge in [0.15, 0.2) is 0 Å². The first kappa shape index (κ1) is 14.2. The highest BCUT2D eigenvalue weighted by Crippen LogP contribution is 2.17. The molecule has 2 heterocycles. The van der Waals surface area contributed by atoms with Crippen LogP contribution >= 0.6 is 11.3 Å². The Morgan fingerprint density at radius 2 is 2.09 bits per heavy atom. The molecule has 0 radical (unpaired) electrons. The maximum Gasteiger partial charge on any atom is 0.349 e. The molecule has 0 aliphatic heterocycles. The predicted octanol–water partition coefficient (Wildman–Crippen LogP) is 2.68. The first-order valence-corrected chi connectivity index (χ1v) is 7.25. The molecule has 1 aromatic carbocycles. The molecule has 3 aromatic rings. The average Bonchev–Trinajstić information content (AvgIpc) is 3.24. The third-order valence-corrected chi connectivity index (χ3v) is 3.85. The first-order chi connectivity index (χ1) is 10.8. The van der Waals surface area contributed by atoms with Crippen LogP contribution in [0.1, 0.15) is 20.2 Å². The molecule has 3 rings (SSSR count). The van der Waals surface area contributed by atoms with E-state index >= 15 is 0 Å². The number of benzene rings is 1. The van der Waals surface area contributed by atoms with Gasteiger partial charge in [-0.15, -0.1) is 11.3 Å². The van der Waals surface area contributed by atoms with E-state index in [0.29, 0.717) is 4.88 Å². The topological polar surface area (TPSA) is 69.9 Å². The number of esters is 1. The van der Waals surface area contributed by atoms with Crippen LogP contribution in [0.15, 0.2) is 43.1 Å². The Hall–Kier alpha value is -2.80. The van der Waals surface area contributed by atoms with Crippen molar-refractivity contribution in [2.75, 3.05) is 7.11 Å². The Labute approximate surface area is 130 Å². The molecule has 0 saturated heterocycles. The van der Waals surface area contributed by atoms with Gasteiger partial charge in [0, 0.05) is 0 Å². The first-order valence-electron chi connectivity index (χ1n) is 6.43. The van der Waals surface area contributed by atoms with Gasteiger partial charge in [-0.05, 0) is 23.8 Å². The van der Waals surface area contributed by atoms with Crippen LogP contribution in [0.2, 0.25) is 0 Å². The van der Waals surface area contributed by atoms with Crippen molar-refractivity contribution in [3.8, 4) is 5.69 Å². The van der Waals surface area contributed by atoms with E-state index in [2.05, 4.69) is 19.8 Å². The second-order valence-corrected chi connectivity index (χ2v) is 5.38. The molecule has 0 fully saturated rings. The van der Waals surface area contributed by atoms with Crippen molar-refractivity contribution in [1.82, 2.24) is 19.7 Å². The third-order valence-electron chi connectivity index (χ3n) is 2.90. The standard InChI is InChI=1S/C15H12N4O2S/c1-21-15(20)13-8-17-14(22-13)7-4-11-2-5-12(6-3-11)19-10-16-9-18-19/h2-10H,1H3/b7-4+. The maximum absolute atomic E-state index is 11.4. The number of carbonyl (C=O) groups is 1. The second kappa shape index (κ2) is 6.31. The fourth-order valence-electron chi connectivity index (χ4n) is 1.81. The van der Waals surface area contributed by atoms with Gasteiger partial charge in [0.25, 0.3) is 0 Å². The van der Waals surface area contributed by atoms with E-state index in [4.69, 9.17) is 0 Å². The Balaban J connectivity index is 1.72. The van der Waals surface area contributed by atoms with Crippen molar-refractivity contribution in [2.24, 2.45) is 0 Å². The van der Waals surface area contributed by atoms with Crippen LogP contribution in [-0.4, -0.2) is 32.8 Å². The van der Waals surface area contributed by atoms with Gasteiger partial charge in [-0.25, -0.2) is 19.4 Å². The molecule has 7 heteroatoms. The molecule has 0 aliphatic rings. The quantitative estimate of drug-likeness (QED) is 0.693. The molecule has 0 amide bonds. The highest BCUT2D eigenvalue weighted by molar-refractivity contribution is 7.14. The SMILES string of the molecule is COC(=O)c1cnc(/C=C/c2ccc(-n3cncn3)cc2)s1. The Morgan fingerprint density at radius 3 is 2.77 bits per heavy atom. The van der Waals surface area contributed by atoms with E-state index in [9.17, 15) is 4.79 Å². The highest BCUT2D eigenvalue weighted by Gasteiger charge is 2.08. The van der Waals surface area contributed by atoms with Crippen LogP contribution < -0.4 is 0 Å². The van der Waals surface area contributed by atoms with Crippen molar-refractivity contribution in [1.29, 1.82) is 0 Å². The number of nitrogens with zero attached hydrogens (tertiary/aromatic N) is 4. The normalized spacial score (nSPS) is 11.0. The van der Waals surface area contributed by atoms with E-state index in [1.807, 2.05) is 36.4 Å². The lowest BCUT2D eigenvalue weighted by Gasteiger charge is -2.00. The molecule has 0 N–H and O–H groups in total. The lowest BCUT2D eigenvalue weighted by Crippen LogP contribution is -1.96. The summed E-state index contributed by atoms with van der Waals surface area (Å²) in [5.41, 5.74) is 1.97. The summed E-state index contributed by atoms with van der Waals surface area (Å²) in [5, 5.41) is 4.82. The molecule has 0 aliphatic carbocycles. The number of hydrogen-bond acceptors (Lipinski definition) is 6. The molecule has 2 aromatic heterocycles. The average molecular weight is 312 g/mol. The molecule has 0 atom stereocenters. The summed E-state index contributed by atoms with van der Waals surface area (Å²) in [6.07, 6.45) is 8.46. The van der Waals surface area contributed by atoms with Gasteiger partial charge in [-0.2, -0.15) is 5.10 Å². The minimum absolute atomic E-state index is 0.366. The molecule has 22 heavy (non-hydrogen) atoms. The molecule has 0 unspecified atom stereocenters. The summed E-state index contributed by atoms with van der Waals surface area (Å²) in [6.45, 7) is 0. The summed E-state index contributed by atoms with van der Waals surface area (Å²) >= 11 is 1.29. The van der Waals surface area contributed by atoms with Crippen LogP contribution in [0, 0.1) is 0 Å². The van der Waals surface area contributed by atoms with E-state index < -0.39 is 0 Å². The van der Waals surface area contributed by atoms with Crippen LogP contribution in [0.4, 0.5) is 0 Å². The van der Waals surface area contributed by atoms with Crippen LogP contribution in [0.3, 0.4) is 0 Å². The molecule has 110 valence electrons. The van der Waals surface area contributed by atoms with Crippen LogP contribution in [-0.2, 0) is 4.74 Å². The van der Waals surface area contributed by atoms with E-state index in [-0.39, 0.29) is 5.97 Å². The van der Waals surface area contributed by atoms with Gasteiger partial charge >= 0.3 is 5.97 Å². The number of carbonyl (C=O) groups excluding carboxylic acids is 1. The third kappa shape index (κ3) is 3.09. The minimum Gasteiger partial charge on any atom is -0.465 e. The Bertz CT molecular complexity index is 791. The van der Waals surface area contributed by atoms with E-state index in [1.54, 1.807) is 11.0 Å². The van der Waals surface area contributed by atoms with E-state index in [0.717, 1.165) is 16.3 Å². The van der Waals surface area contributed by atoms with Crippen molar-refractivity contribution >= 4 is 29.5 Å². The monoisotopic (exact) mass is 312 g/mol. The second-order valence-electron chi connectivity index (χ2n) is 4.32. The zero-order valence-electron chi connectivity index (χ0n) is 11.7. The summed E-state index contributed by atoms with van der Waals surface area (Å²) in [6, 6.07) is 7.86. The minimum atomic E-state index is -0.366. The summed E-state index contributed by atoms with van der Waals surface area (Å²) in [5.74, 6) is -0.366.